The van der Waals surface area contributed by atoms with Crippen LogP contribution in [0.4, 0.5) is 26.1 Å². The summed E-state index contributed by atoms with van der Waals surface area (Å²) in [5.41, 5.74) is 0.952. The molecule has 0 saturated heterocycles. The van der Waals surface area contributed by atoms with Gasteiger partial charge in [-0.2, -0.15) is 10.2 Å². The van der Waals surface area contributed by atoms with Gasteiger partial charge in [-0.15, -0.1) is 0 Å². The molecule has 37 heavy (non-hydrogen) atoms. The van der Waals surface area contributed by atoms with Gasteiger partial charge in [0.15, 0.2) is 34.6 Å². The van der Waals surface area contributed by atoms with E-state index in [0.717, 1.165) is 12.1 Å². The van der Waals surface area contributed by atoms with Crippen molar-refractivity contribution < 1.29 is 23.0 Å². The largest absolute Gasteiger partial charge is 0.494 e. The minimum atomic E-state index is -0.902. The number of hydrogen-bond donors (Lipinski definition) is 2. The maximum Gasteiger partial charge on any atom is 0.247 e. The van der Waals surface area contributed by atoms with Crippen molar-refractivity contribution in [2.45, 2.75) is 0 Å². The van der Waals surface area contributed by atoms with Crippen LogP contribution in [0.2, 0.25) is 0 Å². The number of ether oxygens (including phenoxy) is 2. The predicted octanol–water partition coefficient (Wildman–Crippen LogP) is 3.84. The van der Waals surface area contributed by atoms with Gasteiger partial charge in [-0.3, -0.25) is 9.48 Å². The molecule has 1 aromatic carbocycles. The fourth-order valence-electron chi connectivity index (χ4n) is 3.92. The Bertz CT molecular complexity index is 1670. The molecule has 4 heterocycles. The monoisotopic (exact) mass is 506 g/mol. The number of nitrogens with one attached hydrogen (secondary N) is 2. The molecule has 0 aliphatic heterocycles. The predicted molar refractivity (Wildman–Crippen MR) is 132 cm³/mol. The zero-order valence-electron chi connectivity index (χ0n) is 19.9. The Labute approximate surface area is 208 Å². The van der Waals surface area contributed by atoms with Crippen LogP contribution in [-0.2, 0) is 11.8 Å². The zero-order chi connectivity index (χ0) is 26.3. The molecule has 5 aromatic rings. The summed E-state index contributed by atoms with van der Waals surface area (Å²) in [4.78, 5) is 20.4. The Morgan fingerprint density at radius 3 is 2.51 bits per heavy atom. The van der Waals surface area contributed by atoms with E-state index in [9.17, 15) is 4.79 Å². The molecule has 11 nitrogen and oxygen atoms in total. The fraction of sp³-hybridized carbons (Fsp3) is 0.125. The van der Waals surface area contributed by atoms with Crippen LogP contribution in [0.15, 0.2) is 49.6 Å². The molecule has 0 bridgehead atoms. The summed E-state index contributed by atoms with van der Waals surface area (Å²) in [6.07, 6.45) is 5.56. The van der Waals surface area contributed by atoms with Gasteiger partial charge in [-0.1, -0.05) is 6.58 Å². The Balaban J connectivity index is 1.64. The molecule has 2 N–H and O–H groups in total. The molecule has 188 valence electrons. The number of aromatic nitrogens is 6. The van der Waals surface area contributed by atoms with Crippen molar-refractivity contribution in [2.24, 2.45) is 7.05 Å². The lowest BCUT2D eigenvalue weighted by molar-refractivity contribution is -0.111. The van der Waals surface area contributed by atoms with Gasteiger partial charge in [0, 0.05) is 36.3 Å². The van der Waals surface area contributed by atoms with E-state index in [1.165, 1.54) is 35.9 Å². The second-order valence-corrected chi connectivity index (χ2v) is 7.85. The van der Waals surface area contributed by atoms with Crippen molar-refractivity contribution >= 4 is 39.8 Å². The Morgan fingerprint density at radius 1 is 1.11 bits per heavy atom. The highest BCUT2D eigenvalue weighted by molar-refractivity contribution is 6.01. The molecule has 0 spiro atoms. The van der Waals surface area contributed by atoms with E-state index in [1.807, 2.05) is 0 Å². The molecule has 0 unspecified atom stereocenters. The van der Waals surface area contributed by atoms with Crippen LogP contribution in [-0.4, -0.2) is 49.5 Å². The number of nitrogens with zero attached hydrogens (tertiary/aromatic N) is 6. The average Bonchev–Trinajstić information content (AvgIpc) is 3.51. The first kappa shape index (κ1) is 23.7. The summed E-state index contributed by atoms with van der Waals surface area (Å²) in [5, 5.41) is 14.8. The van der Waals surface area contributed by atoms with E-state index in [2.05, 4.69) is 37.4 Å². The number of carbonyl (C=O) groups excluding carboxylic acids is 1. The highest BCUT2D eigenvalue weighted by atomic mass is 19.1. The molecular weight excluding hydrogens is 486 g/mol. The third-order valence-electron chi connectivity index (χ3n) is 5.59. The van der Waals surface area contributed by atoms with Crippen molar-refractivity contribution in [3.05, 3.63) is 61.2 Å². The van der Waals surface area contributed by atoms with Crippen LogP contribution < -0.4 is 20.1 Å². The smallest absolute Gasteiger partial charge is 0.247 e. The summed E-state index contributed by atoms with van der Waals surface area (Å²) in [7, 11) is 4.26. The number of fused-ring (bicyclic) bond motifs is 3. The van der Waals surface area contributed by atoms with Gasteiger partial charge in [0.1, 0.15) is 17.8 Å². The second kappa shape index (κ2) is 9.18. The van der Waals surface area contributed by atoms with Crippen LogP contribution in [0.1, 0.15) is 0 Å². The maximum absolute atomic E-state index is 15.3. The van der Waals surface area contributed by atoms with E-state index in [0.29, 0.717) is 28.2 Å². The third-order valence-corrected chi connectivity index (χ3v) is 5.59. The van der Waals surface area contributed by atoms with Gasteiger partial charge in [0.2, 0.25) is 5.91 Å². The number of rotatable bonds is 7. The number of hydrogen-bond acceptors (Lipinski definition) is 8. The molecule has 0 radical (unpaired) electrons. The van der Waals surface area contributed by atoms with Crippen LogP contribution in [0.3, 0.4) is 0 Å². The Kier molecular flexibility index (Phi) is 5.87. The van der Waals surface area contributed by atoms with E-state index >= 15 is 8.78 Å². The molecule has 0 fully saturated rings. The first-order chi connectivity index (χ1) is 17.8. The number of amides is 1. The van der Waals surface area contributed by atoms with Crippen LogP contribution in [0.5, 0.6) is 11.5 Å². The zero-order valence-corrected chi connectivity index (χ0v) is 19.9. The normalized spacial score (nSPS) is 11.1. The van der Waals surface area contributed by atoms with E-state index in [1.54, 1.807) is 25.4 Å². The first-order valence-corrected chi connectivity index (χ1v) is 10.8. The van der Waals surface area contributed by atoms with Crippen molar-refractivity contribution in [1.82, 2.24) is 29.4 Å². The number of anilines is 3. The van der Waals surface area contributed by atoms with Crippen LogP contribution in [0, 0.1) is 11.6 Å². The first-order valence-electron chi connectivity index (χ1n) is 10.8. The molecule has 13 heteroatoms. The van der Waals surface area contributed by atoms with Crippen LogP contribution >= 0.6 is 0 Å². The lowest BCUT2D eigenvalue weighted by Crippen LogP contribution is -2.08. The summed E-state index contributed by atoms with van der Waals surface area (Å²) in [6, 6.07) is 4.37. The van der Waals surface area contributed by atoms with Gasteiger partial charge >= 0.3 is 0 Å². The fourth-order valence-corrected chi connectivity index (χ4v) is 3.92. The van der Waals surface area contributed by atoms with Crippen molar-refractivity contribution in [2.75, 3.05) is 24.9 Å². The maximum atomic E-state index is 15.3. The lowest BCUT2D eigenvalue weighted by atomic mass is 10.0. The average molecular weight is 506 g/mol. The number of methoxy groups -OCH3 is 2. The minimum Gasteiger partial charge on any atom is -0.494 e. The summed E-state index contributed by atoms with van der Waals surface area (Å²) in [5.74, 6) is -1.83. The Hall–Kier alpha value is -5.07. The molecular formula is C24H20F2N8O3. The van der Waals surface area contributed by atoms with Crippen molar-refractivity contribution in [3.8, 4) is 22.6 Å². The van der Waals surface area contributed by atoms with Gasteiger partial charge < -0.3 is 20.1 Å². The van der Waals surface area contributed by atoms with E-state index in [4.69, 9.17) is 9.47 Å². The Morgan fingerprint density at radius 2 is 1.84 bits per heavy atom. The summed E-state index contributed by atoms with van der Waals surface area (Å²) < 4.78 is 43.7. The highest BCUT2D eigenvalue weighted by Gasteiger charge is 2.25. The van der Waals surface area contributed by atoms with Crippen LogP contribution in [0.25, 0.3) is 27.7 Å². The van der Waals surface area contributed by atoms with Gasteiger partial charge in [-0.05, 0) is 12.1 Å². The standard InChI is InChI=1S/C24H20F2N8O3/c1-5-19(35)30-14-10-33(2)32-23(14)31-18-7-15-12(9-27-18)6-13(24-28-11-29-34(15)24)20-21(25)16(36-3)8-17(37-4)22(20)26/h5-11H,1H2,2-4H3,(H,30,35)(H,27,31,32). The number of benzene rings is 1. The molecule has 0 aliphatic rings. The van der Waals surface area contributed by atoms with Crippen molar-refractivity contribution in [3.63, 3.8) is 0 Å². The number of carbonyl (C=O) groups is 1. The van der Waals surface area contributed by atoms with Gasteiger partial charge in [-0.25, -0.2) is 23.3 Å². The molecule has 1 amide bonds. The molecule has 0 atom stereocenters. The van der Waals surface area contributed by atoms with Gasteiger partial charge in [0.25, 0.3) is 0 Å². The van der Waals surface area contributed by atoms with E-state index < -0.39 is 17.5 Å². The number of halogens is 2. The quantitative estimate of drug-likeness (QED) is 0.320. The van der Waals surface area contributed by atoms with Crippen molar-refractivity contribution in [1.29, 1.82) is 0 Å². The number of aryl methyl sites for hydroxylation is 1. The second-order valence-electron chi connectivity index (χ2n) is 7.85. The SMILES string of the molecule is C=CC(=O)Nc1cn(C)nc1Nc1cc2c(cn1)cc(-c1c(F)c(OC)cc(OC)c1F)c1ncnn12. The molecule has 0 saturated carbocycles. The lowest BCUT2D eigenvalue weighted by Gasteiger charge is -2.14. The van der Waals surface area contributed by atoms with E-state index in [-0.39, 0.29) is 28.3 Å². The molecule has 5 rings (SSSR count). The summed E-state index contributed by atoms with van der Waals surface area (Å²) in [6.45, 7) is 3.45. The topological polar surface area (TPSA) is 120 Å². The molecule has 4 aromatic heterocycles. The number of pyridine rings is 2. The highest BCUT2D eigenvalue weighted by Crippen LogP contribution is 2.40. The minimum absolute atomic E-state index is 0.138. The third kappa shape index (κ3) is 4.05. The molecule has 0 aliphatic carbocycles. The van der Waals surface area contributed by atoms with Gasteiger partial charge in [0.05, 0.1) is 31.5 Å². The summed E-state index contributed by atoms with van der Waals surface area (Å²) >= 11 is 0.